The van der Waals surface area contributed by atoms with E-state index in [1.807, 2.05) is 17.0 Å². The molecule has 1 N–H and O–H groups in total. The standard InChI is InChI=1S/C23H27NO3/c1-16-7-6-8-17(13-14-25)24(16)23(26)27-15-22-20-11-4-2-9-18(20)19-10-3-5-12-21(19)22/h2-5,9-12,16-17,22,25H,6-8,13-15H2,1H3/t16-,17-/m1/s1. The van der Waals surface area contributed by atoms with Crippen molar-refractivity contribution in [1.29, 1.82) is 0 Å². The molecule has 1 saturated heterocycles. The fourth-order valence-electron chi connectivity index (χ4n) is 4.72. The van der Waals surface area contributed by atoms with E-state index in [0.717, 1.165) is 19.3 Å². The zero-order valence-electron chi connectivity index (χ0n) is 15.8. The molecule has 1 heterocycles. The van der Waals surface area contributed by atoms with E-state index < -0.39 is 0 Å². The number of carbonyl (C=O) groups excluding carboxylic acids is 1. The molecule has 2 atom stereocenters. The number of hydrogen-bond donors (Lipinski definition) is 1. The normalized spacial score (nSPS) is 21.6. The highest BCUT2D eigenvalue weighted by atomic mass is 16.6. The van der Waals surface area contributed by atoms with Crippen molar-refractivity contribution in [3.8, 4) is 11.1 Å². The molecule has 27 heavy (non-hydrogen) atoms. The van der Waals surface area contributed by atoms with Gasteiger partial charge >= 0.3 is 6.09 Å². The van der Waals surface area contributed by atoms with E-state index in [2.05, 4.69) is 43.3 Å². The summed E-state index contributed by atoms with van der Waals surface area (Å²) in [5.41, 5.74) is 4.92. The van der Waals surface area contributed by atoms with E-state index in [0.29, 0.717) is 13.0 Å². The maximum absolute atomic E-state index is 12.9. The van der Waals surface area contributed by atoms with E-state index in [4.69, 9.17) is 4.74 Å². The fourth-order valence-corrected chi connectivity index (χ4v) is 4.72. The van der Waals surface area contributed by atoms with Crippen molar-refractivity contribution in [3.05, 3.63) is 59.7 Å². The number of piperidine rings is 1. The minimum atomic E-state index is -0.248. The Bertz CT molecular complexity index is 771. The second-order valence-electron chi connectivity index (χ2n) is 7.66. The molecule has 142 valence electrons. The summed E-state index contributed by atoms with van der Waals surface area (Å²) < 4.78 is 5.83. The van der Waals surface area contributed by atoms with Crippen LogP contribution in [-0.2, 0) is 4.74 Å². The number of aliphatic hydroxyl groups excluding tert-OH is 1. The average Bonchev–Trinajstić information content (AvgIpc) is 3.00. The van der Waals surface area contributed by atoms with Crippen molar-refractivity contribution >= 4 is 6.09 Å². The minimum Gasteiger partial charge on any atom is -0.448 e. The van der Waals surface area contributed by atoms with Crippen LogP contribution in [0.15, 0.2) is 48.5 Å². The summed E-state index contributed by atoms with van der Waals surface area (Å²) in [6, 6.07) is 17.0. The van der Waals surface area contributed by atoms with Crippen LogP contribution in [0.3, 0.4) is 0 Å². The van der Waals surface area contributed by atoms with Gasteiger partial charge < -0.3 is 14.7 Å². The molecule has 4 rings (SSSR count). The van der Waals surface area contributed by atoms with Crippen molar-refractivity contribution in [1.82, 2.24) is 4.90 Å². The Hall–Kier alpha value is -2.33. The van der Waals surface area contributed by atoms with Crippen LogP contribution >= 0.6 is 0 Å². The summed E-state index contributed by atoms with van der Waals surface area (Å²) in [6.45, 7) is 2.53. The van der Waals surface area contributed by atoms with E-state index in [-0.39, 0.29) is 30.7 Å². The smallest absolute Gasteiger partial charge is 0.410 e. The second-order valence-corrected chi connectivity index (χ2v) is 7.66. The number of rotatable bonds is 4. The van der Waals surface area contributed by atoms with Gasteiger partial charge in [-0.05, 0) is 54.9 Å². The van der Waals surface area contributed by atoms with Crippen molar-refractivity contribution in [3.63, 3.8) is 0 Å². The largest absolute Gasteiger partial charge is 0.448 e. The molecule has 0 radical (unpaired) electrons. The molecule has 4 nitrogen and oxygen atoms in total. The highest BCUT2D eigenvalue weighted by Gasteiger charge is 2.34. The van der Waals surface area contributed by atoms with Crippen molar-refractivity contribution in [2.24, 2.45) is 0 Å². The van der Waals surface area contributed by atoms with Gasteiger partial charge in [-0.3, -0.25) is 0 Å². The molecule has 2 aliphatic rings. The fraction of sp³-hybridized carbons (Fsp3) is 0.435. The molecular weight excluding hydrogens is 338 g/mol. The lowest BCUT2D eigenvalue weighted by molar-refractivity contribution is 0.0417. The third kappa shape index (κ3) is 3.34. The predicted octanol–water partition coefficient (Wildman–Crippen LogP) is 4.56. The SMILES string of the molecule is C[C@@H]1CCC[C@H](CCO)N1C(=O)OCC1c2ccccc2-c2ccccc21. The zero-order chi connectivity index (χ0) is 18.8. The van der Waals surface area contributed by atoms with Crippen molar-refractivity contribution < 1.29 is 14.6 Å². The van der Waals surface area contributed by atoms with Crippen LogP contribution in [0, 0.1) is 0 Å². The van der Waals surface area contributed by atoms with Gasteiger partial charge in [-0.1, -0.05) is 48.5 Å². The summed E-state index contributed by atoms with van der Waals surface area (Å²) in [5, 5.41) is 9.35. The van der Waals surface area contributed by atoms with E-state index in [9.17, 15) is 9.90 Å². The molecule has 0 spiro atoms. The van der Waals surface area contributed by atoms with Gasteiger partial charge in [-0.25, -0.2) is 4.79 Å². The molecule has 2 aromatic carbocycles. The maximum atomic E-state index is 12.9. The van der Waals surface area contributed by atoms with E-state index in [1.165, 1.54) is 22.3 Å². The quantitative estimate of drug-likeness (QED) is 0.864. The number of amides is 1. The second kappa shape index (κ2) is 7.73. The Kier molecular flexibility index (Phi) is 5.17. The lowest BCUT2D eigenvalue weighted by Crippen LogP contribution is -2.49. The van der Waals surface area contributed by atoms with Crippen LogP contribution < -0.4 is 0 Å². The predicted molar refractivity (Wildman–Crippen MR) is 106 cm³/mol. The first-order valence-electron chi connectivity index (χ1n) is 9.95. The highest BCUT2D eigenvalue weighted by molar-refractivity contribution is 5.79. The number of likely N-dealkylation sites (tertiary alicyclic amines) is 1. The molecule has 0 bridgehead atoms. The van der Waals surface area contributed by atoms with E-state index in [1.54, 1.807) is 0 Å². The van der Waals surface area contributed by atoms with Crippen molar-refractivity contribution in [2.45, 2.75) is 50.6 Å². The Morgan fingerprint density at radius 2 is 1.70 bits per heavy atom. The molecule has 0 unspecified atom stereocenters. The Morgan fingerprint density at radius 3 is 2.33 bits per heavy atom. The molecule has 0 saturated carbocycles. The first-order valence-corrected chi connectivity index (χ1v) is 9.95. The number of benzene rings is 2. The van der Waals surface area contributed by atoms with Gasteiger partial charge in [-0.15, -0.1) is 0 Å². The number of hydrogen-bond acceptors (Lipinski definition) is 3. The number of nitrogens with zero attached hydrogens (tertiary/aromatic N) is 1. The van der Waals surface area contributed by atoms with Crippen LogP contribution in [0.2, 0.25) is 0 Å². The molecule has 1 aliphatic carbocycles. The van der Waals surface area contributed by atoms with Gasteiger partial charge in [0, 0.05) is 24.6 Å². The van der Waals surface area contributed by atoms with Gasteiger partial charge in [0.05, 0.1) is 0 Å². The third-order valence-electron chi connectivity index (χ3n) is 6.04. The lowest BCUT2D eigenvalue weighted by atomic mass is 9.95. The van der Waals surface area contributed by atoms with Crippen LogP contribution in [0.4, 0.5) is 4.79 Å². The summed E-state index contributed by atoms with van der Waals surface area (Å²) in [7, 11) is 0. The first kappa shape index (κ1) is 18.1. The third-order valence-corrected chi connectivity index (χ3v) is 6.04. The van der Waals surface area contributed by atoms with Gasteiger partial charge in [0.25, 0.3) is 0 Å². The summed E-state index contributed by atoms with van der Waals surface area (Å²) in [4.78, 5) is 14.8. The van der Waals surface area contributed by atoms with Crippen LogP contribution in [0.25, 0.3) is 11.1 Å². The molecule has 1 fully saturated rings. The summed E-state index contributed by atoms with van der Waals surface area (Å²) in [6.07, 6.45) is 3.40. The molecule has 1 amide bonds. The maximum Gasteiger partial charge on any atom is 0.410 e. The minimum absolute atomic E-state index is 0.0781. The monoisotopic (exact) mass is 365 g/mol. The molecule has 4 heteroatoms. The Balaban J connectivity index is 1.52. The van der Waals surface area contributed by atoms with E-state index >= 15 is 0 Å². The van der Waals surface area contributed by atoms with Gasteiger partial charge in [0.1, 0.15) is 6.61 Å². The Morgan fingerprint density at radius 1 is 1.07 bits per heavy atom. The Labute approximate surface area is 160 Å². The van der Waals surface area contributed by atoms with Crippen molar-refractivity contribution in [2.75, 3.05) is 13.2 Å². The number of fused-ring (bicyclic) bond motifs is 3. The summed E-state index contributed by atoms with van der Waals surface area (Å²) >= 11 is 0. The van der Waals surface area contributed by atoms with Crippen LogP contribution in [0.5, 0.6) is 0 Å². The molecule has 1 aliphatic heterocycles. The number of aliphatic hydroxyl groups is 1. The highest BCUT2D eigenvalue weighted by Crippen LogP contribution is 2.44. The van der Waals surface area contributed by atoms with Gasteiger partial charge in [0.2, 0.25) is 0 Å². The number of ether oxygens (including phenoxy) is 1. The first-order chi connectivity index (χ1) is 13.2. The molecular formula is C23H27NO3. The number of carbonyl (C=O) groups is 1. The molecule has 0 aromatic heterocycles. The molecule has 2 aromatic rings. The van der Waals surface area contributed by atoms with Gasteiger partial charge in [-0.2, -0.15) is 0 Å². The zero-order valence-corrected chi connectivity index (χ0v) is 15.8. The lowest BCUT2D eigenvalue weighted by Gasteiger charge is -2.39. The summed E-state index contributed by atoms with van der Waals surface area (Å²) in [5.74, 6) is 0.0812. The average molecular weight is 365 g/mol. The van der Waals surface area contributed by atoms with Crippen LogP contribution in [0.1, 0.15) is 49.7 Å². The van der Waals surface area contributed by atoms with Gasteiger partial charge in [0.15, 0.2) is 0 Å². The topological polar surface area (TPSA) is 49.8 Å². The van der Waals surface area contributed by atoms with Crippen LogP contribution in [-0.4, -0.2) is 41.4 Å².